The Labute approximate surface area is 109 Å². The van der Waals surface area contributed by atoms with Crippen LogP contribution >= 0.6 is 22.9 Å². The topological polar surface area (TPSA) is 37.8 Å². The minimum atomic E-state index is 0.334. The molecule has 2 aromatic rings. The highest BCUT2D eigenvalue weighted by molar-refractivity contribution is 7.19. The van der Waals surface area contributed by atoms with Gasteiger partial charge in [0.1, 0.15) is 10.6 Å². The predicted molar refractivity (Wildman–Crippen MR) is 73.2 cm³/mol. The average molecular weight is 268 g/mol. The van der Waals surface area contributed by atoms with Crippen molar-refractivity contribution in [3.63, 3.8) is 0 Å². The van der Waals surface area contributed by atoms with E-state index >= 15 is 0 Å². The zero-order chi connectivity index (χ0) is 12.0. The van der Waals surface area contributed by atoms with Crippen LogP contribution in [0.15, 0.2) is 0 Å². The van der Waals surface area contributed by atoms with E-state index < -0.39 is 0 Å². The number of hydrogen-bond donors (Lipinski definition) is 1. The molecule has 2 aromatic heterocycles. The molecule has 0 unspecified atom stereocenters. The molecule has 0 aliphatic heterocycles. The number of aromatic nitrogens is 2. The van der Waals surface area contributed by atoms with Crippen LogP contribution in [0.5, 0.6) is 0 Å². The van der Waals surface area contributed by atoms with Gasteiger partial charge in [-0.25, -0.2) is 9.97 Å². The first-order chi connectivity index (χ1) is 8.15. The molecule has 0 atom stereocenters. The number of nitrogens with one attached hydrogen (secondary N) is 1. The summed E-state index contributed by atoms with van der Waals surface area (Å²) in [6, 6.07) is 0.348. The first kappa shape index (κ1) is 11.2. The number of aryl methyl sites for hydroxylation is 2. The Balaban J connectivity index is 2.24. The van der Waals surface area contributed by atoms with Gasteiger partial charge in [-0.05, 0) is 50.3 Å². The smallest absolute Gasteiger partial charge is 0.225 e. The van der Waals surface area contributed by atoms with Crippen LogP contribution in [0, 0.1) is 0 Å². The Morgan fingerprint density at radius 1 is 1.29 bits per heavy atom. The maximum atomic E-state index is 5.97. The molecule has 0 fully saturated rings. The van der Waals surface area contributed by atoms with Gasteiger partial charge in [-0.3, -0.25) is 0 Å². The van der Waals surface area contributed by atoms with E-state index in [0.717, 1.165) is 17.1 Å². The number of halogens is 1. The first-order valence-electron chi connectivity index (χ1n) is 5.89. The van der Waals surface area contributed by atoms with Crippen LogP contribution in [-0.2, 0) is 12.8 Å². The molecule has 2 heterocycles. The normalized spacial score (nSPS) is 14.6. The van der Waals surface area contributed by atoms with Gasteiger partial charge in [0.05, 0.1) is 5.39 Å². The number of thiophene rings is 1. The van der Waals surface area contributed by atoms with Gasteiger partial charge in [0.25, 0.3) is 0 Å². The fourth-order valence-corrected chi connectivity index (χ4v) is 3.83. The average Bonchev–Trinajstić information content (AvgIpc) is 2.74. The summed E-state index contributed by atoms with van der Waals surface area (Å²) < 4.78 is 0. The second-order valence-electron chi connectivity index (χ2n) is 4.68. The van der Waals surface area contributed by atoms with Gasteiger partial charge in [-0.1, -0.05) is 0 Å². The molecule has 0 saturated heterocycles. The largest absolute Gasteiger partial charge is 0.367 e. The van der Waals surface area contributed by atoms with Crippen LogP contribution in [0.4, 0.5) is 5.82 Å². The quantitative estimate of drug-likeness (QED) is 0.844. The Kier molecular flexibility index (Phi) is 2.71. The third kappa shape index (κ3) is 1.89. The maximum Gasteiger partial charge on any atom is 0.225 e. The molecule has 3 rings (SSSR count). The van der Waals surface area contributed by atoms with Gasteiger partial charge in [0.15, 0.2) is 0 Å². The van der Waals surface area contributed by atoms with Crippen LogP contribution in [0.1, 0.15) is 30.7 Å². The van der Waals surface area contributed by atoms with Crippen molar-refractivity contribution in [1.29, 1.82) is 0 Å². The maximum absolute atomic E-state index is 5.97. The lowest BCUT2D eigenvalue weighted by Crippen LogP contribution is -2.11. The molecule has 90 valence electrons. The van der Waals surface area contributed by atoms with Crippen molar-refractivity contribution in [2.75, 3.05) is 5.32 Å². The third-order valence-corrected chi connectivity index (χ3v) is 4.32. The summed E-state index contributed by atoms with van der Waals surface area (Å²) >= 11 is 7.74. The van der Waals surface area contributed by atoms with Crippen LogP contribution in [-0.4, -0.2) is 16.0 Å². The number of anilines is 1. The zero-order valence-electron chi connectivity index (χ0n) is 9.88. The van der Waals surface area contributed by atoms with Gasteiger partial charge in [-0.2, -0.15) is 0 Å². The molecule has 1 N–H and O–H groups in total. The summed E-state index contributed by atoms with van der Waals surface area (Å²) in [6.07, 6.45) is 3.57. The molecule has 3 nitrogen and oxygen atoms in total. The van der Waals surface area contributed by atoms with Crippen LogP contribution in [0.2, 0.25) is 5.28 Å². The summed E-state index contributed by atoms with van der Waals surface area (Å²) in [5, 5.41) is 4.90. The van der Waals surface area contributed by atoms with Gasteiger partial charge in [0.2, 0.25) is 5.28 Å². The molecule has 0 amide bonds. The van der Waals surface area contributed by atoms with Crippen LogP contribution < -0.4 is 5.32 Å². The molecule has 0 aromatic carbocycles. The van der Waals surface area contributed by atoms with Crippen LogP contribution in [0.25, 0.3) is 10.2 Å². The van der Waals surface area contributed by atoms with Crippen molar-refractivity contribution >= 4 is 39.0 Å². The lowest BCUT2D eigenvalue weighted by Gasteiger charge is -2.11. The Hall–Kier alpha value is -0.870. The van der Waals surface area contributed by atoms with Crippen molar-refractivity contribution in [2.24, 2.45) is 0 Å². The molecule has 5 heteroatoms. The van der Waals surface area contributed by atoms with Crippen molar-refractivity contribution in [2.45, 2.75) is 39.2 Å². The SMILES string of the molecule is CC(C)Nc1nc(Cl)nc2sc3c(c12)CCC3. The highest BCUT2D eigenvalue weighted by Crippen LogP contribution is 2.39. The predicted octanol–water partition coefficient (Wildman–Crippen LogP) is 3.65. The molecule has 0 saturated carbocycles. The van der Waals surface area contributed by atoms with Gasteiger partial charge >= 0.3 is 0 Å². The van der Waals surface area contributed by atoms with Gasteiger partial charge < -0.3 is 5.32 Å². The van der Waals surface area contributed by atoms with E-state index in [1.165, 1.54) is 28.7 Å². The van der Waals surface area contributed by atoms with E-state index in [4.69, 9.17) is 11.6 Å². The molecule has 1 aliphatic carbocycles. The molecular formula is C12H14ClN3S. The highest BCUT2D eigenvalue weighted by atomic mass is 35.5. The fraction of sp³-hybridized carbons (Fsp3) is 0.500. The Morgan fingerprint density at radius 3 is 2.88 bits per heavy atom. The second kappa shape index (κ2) is 4.10. The molecule has 0 spiro atoms. The number of rotatable bonds is 2. The van der Waals surface area contributed by atoms with E-state index in [2.05, 4.69) is 29.1 Å². The zero-order valence-corrected chi connectivity index (χ0v) is 11.5. The fourth-order valence-electron chi connectivity index (χ4n) is 2.35. The third-order valence-electron chi connectivity index (χ3n) is 2.96. The van der Waals surface area contributed by atoms with Crippen molar-refractivity contribution in [3.05, 3.63) is 15.7 Å². The standard InChI is InChI=1S/C12H14ClN3S/c1-6(2)14-10-9-7-4-3-5-8(7)17-11(9)16-12(13)15-10/h6H,3-5H2,1-2H3,(H,14,15,16). The first-order valence-corrected chi connectivity index (χ1v) is 7.09. The van der Waals surface area contributed by atoms with E-state index in [0.29, 0.717) is 11.3 Å². The minimum Gasteiger partial charge on any atom is -0.367 e. The highest BCUT2D eigenvalue weighted by Gasteiger charge is 2.22. The summed E-state index contributed by atoms with van der Waals surface area (Å²) in [5.41, 5.74) is 1.44. The molecule has 0 bridgehead atoms. The van der Waals surface area contributed by atoms with E-state index in [9.17, 15) is 0 Å². The number of nitrogens with zero attached hydrogens (tertiary/aromatic N) is 2. The van der Waals surface area contributed by atoms with E-state index in [-0.39, 0.29) is 0 Å². The van der Waals surface area contributed by atoms with Gasteiger partial charge in [0, 0.05) is 10.9 Å². The van der Waals surface area contributed by atoms with E-state index in [1.807, 2.05) is 0 Å². The Bertz CT molecular complexity index is 577. The van der Waals surface area contributed by atoms with Crippen molar-refractivity contribution in [3.8, 4) is 0 Å². The van der Waals surface area contributed by atoms with E-state index in [1.54, 1.807) is 11.3 Å². The number of fused-ring (bicyclic) bond motifs is 3. The van der Waals surface area contributed by atoms with Gasteiger partial charge in [-0.15, -0.1) is 11.3 Å². The Morgan fingerprint density at radius 2 is 2.12 bits per heavy atom. The summed E-state index contributed by atoms with van der Waals surface area (Å²) in [4.78, 5) is 11.2. The molecule has 1 aliphatic rings. The van der Waals surface area contributed by atoms with Crippen molar-refractivity contribution in [1.82, 2.24) is 9.97 Å². The van der Waals surface area contributed by atoms with Crippen LogP contribution in [0.3, 0.4) is 0 Å². The molecule has 0 radical (unpaired) electrons. The molecular weight excluding hydrogens is 254 g/mol. The molecule has 17 heavy (non-hydrogen) atoms. The minimum absolute atomic E-state index is 0.334. The summed E-state index contributed by atoms with van der Waals surface area (Å²) in [6.45, 7) is 4.21. The lowest BCUT2D eigenvalue weighted by atomic mass is 10.2. The second-order valence-corrected chi connectivity index (χ2v) is 6.10. The monoisotopic (exact) mass is 267 g/mol. The summed E-state index contributed by atoms with van der Waals surface area (Å²) in [7, 11) is 0. The number of hydrogen-bond acceptors (Lipinski definition) is 4. The van der Waals surface area contributed by atoms with Crippen molar-refractivity contribution < 1.29 is 0 Å². The lowest BCUT2D eigenvalue weighted by molar-refractivity contribution is 0.889. The summed E-state index contributed by atoms with van der Waals surface area (Å²) in [5.74, 6) is 0.898.